The lowest BCUT2D eigenvalue weighted by molar-refractivity contribution is 0.712. The quantitative estimate of drug-likeness (QED) is 0.295. The average molecular weight is 377 g/mol. The summed E-state index contributed by atoms with van der Waals surface area (Å²) < 4.78 is 0. The van der Waals surface area contributed by atoms with Crippen molar-refractivity contribution in [2.75, 3.05) is 0 Å². The minimum absolute atomic E-state index is 0.225. The van der Waals surface area contributed by atoms with Gasteiger partial charge in [0, 0.05) is 9.79 Å². The van der Waals surface area contributed by atoms with Crippen LogP contribution in [0.1, 0.15) is 34.7 Å². The third kappa shape index (κ3) is 1.88. The zero-order valence-corrected chi connectivity index (χ0v) is 16.6. The van der Waals surface area contributed by atoms with Crippen LogP contribution in [0.4, 0.5) is 0 Å². The molecule has 1 aliphatic heterocycles. The van der Waals surface area contributed by atoms with E-state index >= 15 is 0 Å². The van der Waals surface area contributed by atoms with Gasteiger partial charge in [0.15, 0.2) is 0 Å². The van der Waals surface area contributed by atoms with Crippen molar-refractivity contribution in [2.45, 2.75) is 28.6 Å². The summed E-state index contributed by atoms with van der Waals surface area (Å²) in [5, 5.41) is 0. The highest BCUT2D eigenvalue weighted by Crippen LogP contribution is 2.62. The van der Waals surface area contributed by atoms with Crippen molar-refractivity contribution in [3.05, 3.63) is 119 Å². The van der Waals surface area contributed by atoms with Gasteiger partial charge in [-0.2, -0.15) is 0 Å². The van der Waals surface area contributed by atoms with Crippen molar-refractivity contribution in [1.82, 2.24) is 0 Å². The molecule has 0 amide bonds. The van der Waals surface area contributed by atoms with E-state index in [2.05, 4.69) is 97.9 Å². The van der Waals surface area contributed by atoms with Gasteiger partial charge in [-0.05, 0) is 57.5 Å². The Hall–Kier alpha value is -2.77. The van der Waals surface area contributed by atoms with Crippen molar-refractivity contribution in [2.24, 2.45) is 0 Å². The Morgan fingerprint density at radius 1 is 0.607 bits per heavy atom. The summed E-state index contributed by atoms with van der Waals surface area (Å²) in [6.45, 7) is 2.28. The summed E-state index contributed by atoms with van der Waals surface area (Å²) in [6, 6.07) is 33.9. The lowest BCUT2D eigenvalue weighted by Crippen LogP contribution is -2.32. The number of fused-ring (bicyclic) bond motifs is 9. The highest BCUT2D eigenvalue weighted by molar-refractivity contribution is 7.99. The van der Waals surface area contributed by atoms with E-state index in [1.54, 1.807) is 0 Å². The van der Waals surface area contributed by atoms with Crippen LogP contribution in [0.15, 0.2) is 101 Å². The molecule has 1 spiro atoms. The van der Waals surface area contributed by atoms with E-state index in [1.807, 2.05) is 11.8 Å². The monoisotopic (exact) mass is 376 g/mol. The smallest absolute Gasteiger partial charge is 0.0738 e. The molecule has 0 saturated carbocycles. The van der Waals surface area contributed by atoms with Crippen LogP contribution in [-0.4, -0.2) is 0 Å². The maximum absolute atomic E-state index is 2.35. The SMILES string of the molecule is CCc1cccc2c1C1(c3ccccc3Sc3ccccc31)c1ccccc1-2. The number of benzene rings is 4. The zero-order chi connectivity index (χ0) is 18.7. The first-order valence-electron chi connectivity index (χ1n) is 9.94. The molecule has 6 rings (SSSR count). The second-order valence-corrected chi connectivity index (χ2v) is 8.67. The van der Waals surface area contributed by atoms with Crippen LogP contribution in [0.2, 0.25) is 0 Å². The van der Waals surface area contributed by atoms with Gasteiger partial charge in [-0.1, -0.05) is 97.5 Å². The molecule has 134 valence electrons. The third-order valence-electron chi connectivity index (χ3n) is 6.33. The maximum Gasteiger partial charge on any atom is 0.0738 e. The molecule has 0 fully saturated rings. The normalized spacial score (nSPS) is 14.9. The molecule has 0 aromatic heterocycles. The summed E-state index contributed by atoms with van der Waals surface area (Å²) in [7, 11) is 0. The molecule has 2 aliphatic rings. The van der Waals surface area contributed by atoms with Gasteiger partial charge in [-0.15, -0.1) is 0 Å². The van der Waals surface area contributed by atoms with Crippen LogP contribution in [-0.2, 0) is 11.8 Å². The van der Waals surface area contributed by atoms with Crippen molar-refractivity contribution < 1.29 is 0 Å². The second-order valence-electron chi connectivity index (χ2n) is 7.58. The summed E-state index contributed by atoms with van der Waals surface area (Å²) in [4.78, 5) is 2.74. The fraction of sp³-hybridized carbons (Fsp3) is 0.111. The summed E-state index contributed by atoms with van der Waals surface area (Å²) in [5.41, 5.74) is 9.75. The Labute approximate surface area is 170 Å². The van der Waals surface area contributed by atoms with E-state index in [4.69, 9.17) is 0 Å². The molecular weight excluding hydrogens is 356 g/mol. The largest absolute Gasteiger partial charge is 0.0894 e. The van der Waals surface area contributed by atoms with E-state index in [9.17, 15) is 0 Å². The van der Waals surface area contributed by atoms with Gasteiger partial charge in [0.1, 0.15) is 0 Å². The first-order valence-corrected chi connectivity index (χ1v) is 10.8. The Morgan fingerprint density at radius 2 is 1.18 bits per heavy atom. The average Bonchev–Trinajstić information content (AvgIpc) is 3.06. The standard InChI is InChI=1S/C27H20S/c1-2-18-10-9-12-20-19-11-3-4-13-21(19)27(26(18)20)22-14-5-7-16-24(22)28-25-17-8-6-15-23(25)27/h3-17H,2H2,1H3. The Balaban J connectivity index is 1.88. The molecule has 0 bridgehead atoms. The summed E-state index contributed by atoms with van der Waals surface area (Å²) in [6.07, 6.45) is 1.04. The molecule has 1 heteroatoms. The van der Waals surface area contributed by atoms with Crippen LogP contribution < -0.4 is 0 Å². The van der Waals surface area contributed by atoms with Gasteiger partial charge >= 0.3 is 0 Å². The molecule has 0 radical (unpaired) electrons. The van der Waals surface area contributed by atoms with E-state index in [0.717, 1.165) is 6.42 Å². The van der Waals surface area contributed by atoms with Gasteiger partial charge in [0.05, 0.1) is 5.41 Å². The van der Waals surface area contributed by atoms with Crippen LogP contribution in [0, 0.1) is 0 Å². The molecule has 0 unspecified atom stereocenters. The zero-order valence-electron chi connectivity index (χ0n) is 15.8. The van der Waals surface area contributed by atoms with E-state index < -0.39 is 0 Å². The molecule has 4 aromatic carbocycles. The van der Waals surface area contributed by atoms with Crippen LogP contribution in [0.5, 0.6) is 0 Å². The molecule has 4 aromatic rings. The van der Waals surface area contributed by atoms with Crippen LogP contribution in [0.3, 0.4) is 0 Å². The predicted molar refractivity (Wildman–Crippen MR) is 117 cm³/mol. The molecule has 1 aliphatic carbocycles. The van der Waals surface area contributed by atoms with Crippen LogP contribution in [0.25, 0.3) is 11.1 Å². The highest BCUT2D eigenvalue weighted by Gasteiger charge is 2.50. The third-order valence-corrected chi connectivity index (χ3v) is 7.48. The second kappa shape index (κ2) is 5.86. The summed E-state index contributed by atoms with van der Waals surface area (Å²) in [5.74, 6) is 0. The topological polar surface area (TPSA) is 0 Å². The van der Waals surface area contributed by atoms with Gasteiger partial charge in [-0.3, -0.25) is 0 Å². The molecule has 0 N–H and O–H groups in total. The number of rotatable bonds is 1. The fourth-order valence-electron chi connectivity index (χ4n) is 5.30. The van der Waals surface area contributed by atoms with Crippen molar-refractivity contribution in [3.8, 4) is 11.1 Å². The maximum atomic E-state index is 2.35. The van der Waals surface area contributed by atoms with Crippen molar-refractivity contribution in [3.63, 3.8) is 0 Å². The predicted octanol–water partition coefficient (Wildman–Crippen LogP) is 7.08. The Morgan fingerprint density at radius 3 is 1.86 bits per heavy atom. The van der Waals surface area contributed by atoms with E-state index in [0.29, 0.717) is 0 Å². The fourth-order valence-corrected chi connectivity index (χ4v) is 6.49. The minimum atomic E-state index is -0.225. The number of aryl methyl sites for hydroxylation is 1. The minimum Gasteiger partial charge on any atom is -0.0894 e. The molecular formula is C27H20S. The van der Waals surface area contributed by atoms with E-state index in [-0.39, 0.29) is 5.41 Å². The Bertz CT molecular complexity index is 1190. The van der Waals surface area contributed by atoms with Crippen LogP contribution >= 0.6 is 11.8 Å². The van der Waals surface area contributed by atoms with Crippen molar-refractivity contribution >= 4 is 11.8 Å². The molecule has 0 atom stereocenters. The van der Waals surface area contributed by atoms with E-state index in [1.165, 1.54) is 48.7 Å². The highest BCUT2D eigenvalue weighted by atomic mass is 32.2. The molecule has 0 saturated heterocycles. The summed E-state index contributed by atoms with van der Waals surface area (Å²) >= 11 is 1.91. The molecule has 28 heavy (non-hydrogen) atoms. The first kappa shape index (κ1) is 16.2. The number of hydrogen-bond donors (Lipinski definition) is 0. The lowest BCUT2D eigenvalue weighted by atomic mass is 9.66. The Kier molecular flexibility index (Phi) is 3.39. The molecule has 1 heterocycles. The first-order chi connectivity index (χ1) is 13.9. The van der Waals surface area contributed by atoms with Crippen molar-refractivity contribution in [1.29, 1.82) is 0 Å². The lowest BCUT2D eigenvalue weighted by Gasteiger charge is -2.40. The van der Waals surface area contributed by atoms with Gasteiger partial charge < -0.3 is 0 Å². The van der Waals surface area contributed by atoms with Gasteiger partial charge in [0.2, 0.25) is 0 Å². The van der Waals surface area contributed by atoms with Gasteiger partial charge in [0.25, 0.3) is 0 Å². The number of hydrogen-bond acceptors (Lipinski definition) is 1. The molecule has 0 nitrogen and oxygen atoms in total. The van der Waals surface area contributed by atoms with Gasteiger partial charge in [-0.25, -0.2) is 0 Å².